The molecule has 0 saturated heterocycles. The van der Waals surface area contributed by atoms with E-state index in [1.54, 1.807) is 6.07 Å². The number of hydrogen-bond acceptors (Lipinski definition) is 11. The molecule has 1 unspecified atom stereocenters. The number of aliphatic hydroxyl groups excluding tert-OH is 4. The zero-order valence-corrected chi connectivity index (χ0v) is 19.0. The largest absolute Gasteiger partial charge is 0.480 e. The van der Waals surface area contributed by atoms with Gasteiger partial charge in [0.1, 0.15) is 24.4 Å². The molecule has 15 heteroatoms. The standard InChI is InChI=1S/C19H30N4O10S/c1-34(32,33)22-7-10(20)18(29)23-11(8-24)14(25)16(27)17(28)15(26)12(13(21)19(30)31)9-5-3-2-4-6-9/h2-6,10-14,16-17,22,24-25,27-28H,7-8,20-21H2,1H3,(H,23,29)(H,30,31)/t10-,11-,12?,13-,14+,16+,17+/m0/s1. The first-order valence-corrected chi connectivity index (χ1v) is 11.8. The van der Waals surface area contributed by atoms with Gasteiger partial charge in [0.2, 0.25) is 15.9 Å². The van der Waals surface area contributed by atoms with Crippen molar-refractivity contribution in [2.24, 2.45) is 11.5 Å². The van der Waals surface area contributed by atoms with Crippen LogP contribution in [0.1, 0.15) is 11.5 Å². The van der Waals surface area contributed by atoms with Gasteiger partial charge in [0.25, 0.3) is 0 Å². The van der Waals surface area contributed by atoms with Crippen molar-refractivity contribution < 1.29 is 48.3 Å². The van der Waals surface area contributed by atoms with Crippen molar-refractivity contribution >= 4 is 27.7 Å². The highest BCUT2D eigenvalue weighted by Gasteiger charge is 2.42. The molecule has 0 spiro atoms. The molecule has 0 fully saturated rings. The Labute approximate surface area is 195 Å². The molecule has 14 nitrogen and oxygen atoms in total. The van der Waals surface area contributed by atoms with E-state index < -0.39 is 83.2 Å². The second-order valence-corrected chi connectivity index (χ2v) is 9.44. The van der Waals surface area contributed by atoms with Crippen LogP contribution in [0.5, 0.6) is 0 Å². The molecular formula is C19H30N4O10S. The van der Waals surface area contributed by atoms with Crippen LogP contribution in [0.3, 0.4) is 0 Å². The predicted octanol–water partition coefficient (Wildman–Crippen LogP) is -4.81. The third-order valence-electron chi connectivity index (χ3n) is 4.91. The number of aliphatic hydroxyl groups is 4. The fraction of sp³-hybridized carbons (Fsp3) is 0.526. The summed E-state index contributed by atoms with van der Waals surface area (Å²) in [4.78, 5) is 36.4. The number of ketones is 1. The van der Waals surface area contributed by atoms with Gasteiger partial charge >= 0.3 is 5.97 Å². The minimum Gasteiger partial charge on any atom is -0.480 e. The molecule has 1 aromatic rings. The number of sulfonamides is 1. The molecule has 7 atom stereocenters. The van der Waals surface area contributed by atoms with Gasteiger partial charge in [0, 0.05) is 6.54 Å². The highest BCUT2D eigenvalue weighted by molar-refractivity contribution is 7.88. The van der Waals surface area contributed by atoms with E-state index in [4.69, 9.17) is 11.5 Å². The number of nitrogens with two attached hydrogens (primary N) is 2. The van der Waals surface area contributed by atoms with E-state index in [1.165, 1.54) is 24.3 Å². The zero-order valence-electron chi connectivity index (χ0n) is 18.2. The van der Waals surface area contributed by atoms with Crippen LogP contribution in [0.2, 0.25) is 0 Å². The molecule has 0 aliphatic rings. The van der Waals surface area contributed by atoms with Gasteiger partial charge in [-0.05, 0) is 5.56 Å². The maximum Gasteiger partial charge on any atom is 0.321 e. The van der Waals surface area contributed by atoms with Gasteiger partial charge < -0.3 is 42.3 Å². The Kier molecular flexibility index (Phi) is 11.1. The van der Waals surface area contributed by atoms with Crippen molar-refractivity contribution in [3.63, 3.8) is 0 Å². The summed E-state index contributed by atoms with van der Waals surface area (Å²) < 4.78 is 24.2. The molecule has 1 amide bonds. The number of Topliss-reactive ketones (excluding diaryl/α,β-unsaturated/α-hetero) is 1. The first kappa shape index (κ1) is 29.5. The van der Waals surface area contributed by atoms with Gasteiger partial charge in [0.15, 0.2) is 5.78 Å². The molecule has 0 saturated carbocycles. The van der Waals surface area contributed by atoms with Gasteiger partial charge in [-0.15, -0.1) is 0 Å². The summed E-state index contributed by atoms with van der Waals surface area (Å²) in [7, 11) is -3.65. The molecule has 0 aliphatic carbocycles. The smallest absolute Gasteiger partial charge is 0.321 e. The summed E-state index contributed by atoms with van der Waals surface area (Å²) in [5.41, 5.74) is 11.3. The van der Waals surface area contributed by atoms with Crippen molar-refractivity contribution in [1.29, 1.82) is 0 Å². The van der Waals surface area contributed by atoms with Gasteiger partial charge in [-0.25, -0.2) is 13.1 Å². The Hall–Kier alpha value is -2.50. The number of rotatable bonds is 14. The summed E-state index contributed by atoms with van der Waals surface area (Å²) in [5, 5.41) is 51.9. The molecular weight excluding hydrogens is 476 g/mol. The summed E-state index contributed by atoms with van der Waals surface area (Å²) in [6.45, 7) is -1.47. The molecule has 11 N–H and O–H groups in total. The van der Waals surface area contributed by atoms with Crippen molar-refractivity contribution in [3.8, 4) is 0 Å². The van der Waals surface area contributed by atoms with Crippen LogP contribution < -0.4 is 21.5 Å². The lowest BCUT2D eigenvalue weighted by Crippen LogP contribution is -2.59. The highest BCUT2D eigenvalue weighted by Crippen LogP contribution is 2.23. The summed E-state index contributed by atoms with van der Waals surface area (Å²) in [6, 6.07) is 2.53. The second-order valence-electron chi connectivity index (χ2n) is 7.61. The van der Waals surface area contributed by atoms with E-state index in [2.05, 4.69) is 5.32 Å². The SMILES string of the molecule is CS(=O)(=O)NC[C@H](N)C(=O)N[C@@H](CO)[C@@H](O)[C@@H](O)[C@H](O)C(=O)C(c1ccccc1)[C@H](N)C(=O)O. The lowest BCUT2D eigenvalue weighted by atomic mass is 9.83. The van der Waals surface area contributed by atoms with Gasteiger partial charge in [0.05, 0.1) is 30.9 Å². The Bertz CT molecular complexity index is 946. The number of carbonyl (C=O) groups excluding carboxylic acids is 2. The minimum atomic E-state index is -3.65. The fourth-order valence-electron chi connectivity index (χ4n) is 2.99. The maximum atomic E-state index is 12.9. The highest BCUT2D eigenvalue weighted by atomic mass is 32.2. The predicted molar refractivity (Wildman–Crippen MR) is 118 cm³/mol. The second kappa shape index (κ2) is 12.8. The van der Waals surface area contributed by atoms with Gasteiger partial charge in [-0.1, -0.05) is 30.3 Å². The Morgan fingerprint density at radius 3 is 2.06 bits per heavy atom. The third-order valence-corrected chi connectivity index (χ3v) is 5.60. The number of hydrogen-bond donors (Lipinski definition) is 9. The molecule has 34 heavy (non-hydrogen) atoms. The fourth-order valence-corrected chi connectivity index (χ4v) is 3.47. The summed E-state index contributed by atoms with van der Waals surface area (Å²) >= 11 is 0. The Morgan fingerprint density at radius 2 is 1.59 bits per heavy atom. The van der Waals surface area contributed by atoms with Crippen LogP contribution in [0.15, 0.2) is 30.3 Å². The zero-order chi connectivity index (χ0) is 26.2. The first-order chi connectivity index (χ1) is 15.7. The van der Waals surface area contributed by atoms with Gasteiger partial charge in [-0.3, -0.25) is 14.4 Å². The molecule has 0 radical (unpaired) electrons. The number of aliphatic carboxylic acids is 1. The monoisotopic (exact) mass is 506 g/mol. The van der Waals surface area contributed by atoms with E-state index >= 15 is 0 Å². The van der Waals surface area contributed by atoms with Crippen LogP contribution in [-0.4, -0.2) is 107 Å². The van der Waals surface area contributed by atoms with E-state index in [0.29, 0.717) is 0 Å². The number of carboxylic acids is 1. The van der Waals surface area contributed by atoms with Crippen LogP contribution in [0.25, 0.3) is 0 Å². The molecule has 1 rings (SSSR count). The number of benzene rings is 1. The van der Waals surface area contributed by atoms with Crippen molar-refractivity contribution in [1.82, 2.24) is 10.0 Å². The van der Waals surface area contributed by atoms with Crippen LogP contribution in [0, 0.1) is 0 Å². The molecule has 0 aliphatic heterocycles. The molecule has 0 bridgehead atoms. The number of amides is 1. The van der Waals surface area contributed by atoms with E-state index in [-0.39, 0.29) is 5.56 Å². The quantitative estimate of drug-likeness (QED) is 0.115. The normalized spacial score (nSPS) is 18.1. The van der Waals surface area contributed by atoms with E-state index in [9.17, 15) is 48.3 Å². The number of carbonyl (C=O) groups is 3. The van der Waals surface area contributed by atoms with Crippen molar-refractivity contribution in [2.75, 3.05) is 19.4 Å². The van der Waals surface area contributed by atoms with Crippen LogP contribution >= 0.6 is 0 Å². The van der Waals surface area contributed by atoms with Crippen LogP contribution in [0.4, 0.5) is 0 Å². The number of carboxylic acid groups (broad SMARTS) is 1. The Morgan fingerprint density at radius 1 is 1.03 bits per heavy atom. The summed E-state index contributed by atoms with van der Waals surface area (Å²) in [6.07, 6.45) is -5.90. The first-order valence-electron chi connectivity index (χ1n) is 9.94. The molecule has 0 heterocycles. The maximum absolute atomic E-state index is 12.9. The van der Waals surface area contributed by atoms with Gasteiger partial charge in [-0.2, -0.15) is 0 Å². The summed E-state index contributed by atoms with van der Waals surface area (Å²) in [5.74, 6) is -5.38. The van der Waals surface area contributed by atoms with Crippen LogP contribution in [-0.2, 0) is 24.4 Å². The lowest BCUT2D eigenvalue weighted by Gasteiger charge is -2.31. The van der Waals surface area contributed by atoms with Crippen molar-refractivity contribution in [2.45, 2.75) is 42.4 Å². The van der Waals surface area contributed by atoms with E-state index in [1.807, 2.05) is 4.72 Å². The average Bonchev–Trinajstić information content (AvgIpc) is 2.79. The Balaban J connectivity index is 2.99. The molecule has 0 aromatic heterocycles. The molecule has 1 aromatic carbocycles. The number of nitrogens with one attached hydrogen (secondary N) is 2. The average molecular weight is 507 g/mol. The topological polar surface area (TPSA) is 263 Å². The van der Waals surface area contributed by atoms with E-state index in [0.717, 1.165) is 6.26 Å². The molecule has 192 valence electrons. The third kappa shape index (κ3) is 8.37. The lowest BCUT2D eigenvalue weighted by molar-refractivity contribution is -0.148. The van der Waals surface area contributed by atoms with Crippen molar-refractivity contribution in [3.05, 3.63) is 35.9 Å². The minimum absolute atomic E-state index is 0.138.